The van der Waals surface area contributed by atoms with Crippen molar-refractivity contribution in [1.82, 2.24) is 20.4 Å². The van der Waals surface area contributed by atoms with Gasteiger partial charge in [0.1, 0.15) is 0 Å². The zero-order valence-corrected chi connectivity index (χ0v) is 14.7. The molecule has 3 rings (SSSR count). The van der Waals surface area contributed by atoms with Gasteiger partial charge < -0.3 is 25.2 Å². The third-order valence-electron chi connectivity index (χ3n) is 5.78. The molecular formula is C17H30N4O3. The number of methoxy groups -OCH3 is 1. The van der Waals surface area contributed by atoms with Gasteiger partial charge in [-0.25, -0.2) is 9.59 Å². The van der Waals surface area contributed by atoms with Gasteiger partial charge in [-0.3, -0.25) is 0 Å². The number of nitrogens with zero attached hydrogens (tertiary/aromatic N) is 2. The number of hydrogen-bond acceptors (Lipinski definition) is 3. The van der Waals surface area contributed by atoms with Crippen LogP contribution in [0.1, 0.15) is 38.5 Å². The molecule has 1 aliphatic carbocycles. The van der Waals surface area contributed by atoms with E-state index in [1.165, 1.54) is 6.42 Å². The molecule has 0 spiro atoms. The first-order valence-corrected chi connectivity index (χ1v) is 9.20. The fraction of sp³-hybridized carbons (Fsp3) is 0.882. The number of carbonyl (C=O) groups is 2. The number of hydrogen-bond donors (Lipinski definition) is 2. The second-order valence-electron chi connectivity index (χ2n) is 7.44. The van der Waals surface area contributed by atoms with E-state index in [2.05, 4.69) is 10.6 Å². The lowest BCUT2D eigenvalue weighted by atomic mass is 9.69. The molecule has 0 aromatic carbocycles. The highest BCUT2D eigenvalue weighted by molar-refractivity contribution is 5.76. The highest BCUT2D eigenvalue weighted by Crippen LogP contribution is 2.40. The summed E-state index contributed by atoms with van der Waals surface area (Å²) in [6.07, 6.45) is 6.23. The quantitative estimate of drug-likeness (QED) is 0.796. The maximum Gasteiger partial charge on any atom is 0.317 e. The molecule has 0 unspecified atom stereocenters. The molecule has 3 fully saturated rings. The maximum absolute atomic E-state index is 12.4. The predicted octanol–water partition coefficient (Wildman–Crippen LogP) is 1.39. The van der Waals surface area contributed by atoms with Gasteiger partial charge in [-0.05, 0) is 32.1 Å². The van der Waals surface area contributed by atoms with Crippen molar-refractivity contribution in [3.8, 4) is 0 Å². The van der Waals surface area contributed by atoms with Crippen molar-refractivity contribution in [2.45, 2.75) is 44.6 Å². The zero-order chi connectivity index (χ0) is 17.0. The molecule has 1 saturated carbocycles. The van der Waals surface area contributed by atoms with Crippen LogP contribution < -0.4 is 10.6 Å². The van der Waals surface area contributed by atoms with Gasteiger partial charge in [-0.15, -0.1) is 0 Å². The second kappa shape index (κ2) is 7.59. The van der Waals surface area contributed by atoms with Crippen LogP contribution in [0.5, 0.6) is 0 Å². The molecule has 7 nitrogen and oxygen atoms in total. The lowest BCUT2D eigenvalue weighted by molar-refractivity contribution is 0.0186. The molecule has 0 aromatic heterocycles. The summed E-state index contributed by atoms with van der Waals surface area (Å²) < 4.78 is 5.31. The fourth-order valence-corrected chi connectivity index (χ4v) is 4.11. The maximum atomic E-state index is 12.4. The van der Waals surface area contributed by atoms with Gasteiger partial charge in [-0.2, -0.15) is 0 Å². The summed E-state index contributed by atoms with van der Waals surface area (Å²) in [4.78, 5) is 28.2. The van der Waals surface area contributed by atoms with E-state index in [-0.39, 0.29) is 23.5 Å². The van der Waals surface area contributed by atoms with Gasteiger partial charge in [-0.1, -0.05) is 6.42 Å². The first-order valence-electron chi connectivity index (χ1n) is 9.20. The first kappa shape index (κ1) is 17.3. The summed E-state index contributed by atoms with van der Waals surface area (Å²) in [5, 5.41) is 6.00. The van der Waals surface area contributed by atoms with Crippen LogP contribution in [0.15, 0.2) is 0 Å². The van der Waals surface area contributed by atoms with Gasteiger partial charge >= 0.3 is 12.1 Å². The number of likely N-dealkylation sites (tertiary alicyclic amines) is 1. The van der Waals surface area contributed by atoms with Crippen LogP contribution >= 0.6 is 0 Å². The van der Waals surface area contributed by atoms with E-state index < -0.39 is 0 Å². The largest absolute Gasteiger partial charge is 0.384 e. The van der Waals surface area contributed by atoms with E-state index in [4.69, 9.17) is 4.74 Å². The Balaban J connectivity index is 1.42. The summed E-state index contributed by atoms with van der Waals surface area (Å²) in [6, 6.07) is 0.343. The molecule has 3 aliphatic rings. The predicted molar refractivity (Wildman–Crippen MR) is 90.9 cm³/mol. The van der Waals surface area contributed by atoms with Crippen LogP contribution in [0, 0.1) is 5.41 Å². The van der Waals surface area contributed by atoms with Gasteiger partial charge in [0.05, 0.1) is 6.61 Å². The molecule has 0 bridgehead atoms. The summed E-state index contributed by atoms with van der Waals surface area (Å²) in [5.74, 6) is 0. The van der Waals surface area contributed by atoms with Crippen LogP contribution in [-0.2, 0) is 4.74 Å². The van der Waals surface area contributed by atoms with Crippen molar-refractivity contribution in [2.24, 2.45) is 5.41 Å². The van der Waals surface area contributed by atoms with Crippen LogP contribution in [-0.4, -0.2) is 74.3 Å². The molecule has 0 radical (unpaired) electrons. The van der Waals surface area contributed by atoms with E-state index in [0.29, 0.717) is 6.54 Å². The van der Waals surface area contributed by atoms with Crippen molar-refractivity contribution >= 4 is 12.1 Å². The monoisotopic (exact) mass is 338 g/mol. The van der Waals surface area contributed by atoms with Crippen LogP contribution in [0.4, 0.5) is 9.59 Å². The Morgan fingerprint density at radius 1 is 1.29 bits per heavy atom. The molecule has 2 N–H and O–H groups in total. The van der Waals surface area contributed by atoms with E-state index in [1.54, 1.807) is 7.11 Å². The molecule has 2 aliphatic heterocycles. The molecule has 0 atom stereocenters. The Morgan fingerprint density at radius 3 is 2.62 bits per heavy atom. The van der Waals surface area contributed by atoms with E-state index in [0.717, 1.165) is 64.9 Å². The van der Waals surface area contributed by atoms with Crippen LogP contribution in [0.25, 0.3) is 0 Å². The van der Waals surface area contributed by atoms with E-state index in [9.17, 15) is 9.59 Å². The molecule has 2 heterocycles. The van der Waals surface area contributed by atoms with Crippen molar-refractivity contribution in [3.63, 3.8) is 0 Å². The lowest BCUT2D eigenvalue weighted by Gasteiger charge is -2.43. The Labute approximate surface area is 144 Å². The smallest absolute Gasteiger partial charge is 0.317 e. The number of piperidine rings is 1. The molecule has 0 aromatic rings. The Hall–Kier alpha value is -1.50. The summed E-state index contributed by atoms with van der Waals surface area (Å²) in [7, 11) is 1.73. The second-order valence-corrected chi connectivity index (χ2v) is 7.44. The molecule has 4 amide bonds. The summed E-state index contributed by atoms with van der Waals surface area (Å²) in [6.45, 7) is 4.48. The fourth-order valence-electron chi connectivity index (χ4n) is 4.11. The van der Waals surface area contributed by atoms with Crippen molar-refractivity contribution in [3.05, 3.63) is 0 Å². The van der Waals surface area contributed by atoms with Crippen molar-refractivity contribution in [2.75, 3.05) is 46.4 Å². The molecular weight excluding hydrogens is 308 g/mol. The summed E-state index contributed by atoms with van der Waals surface area (Å²) in [5.41, 5.74) is 0.147. The first-order chi connectivity index (χ1) is 11.6. The minimum atomic E-state index is 0.0268. The highest BCUT2D eigenvalue weighted by atomic mass is 16.5. The number of nitrogens with one attached hydrogen (secondary N) is 2. The number of rotatable bonds is 5. The minimum absolute atomic E-state index is 0.0268. The SMILES string of the molecule is COCC1(CNC(=O)N2CCC(N3CCCNC3=O)CC2)CCC1. The number of carbonyl (C=O) groups excluding carboxylic acids is 2. The zero-order valence-electron chi connectivity index (χ0n) is 14.7. The number of amides is 4. The Morgan fingerprint density at radius 2 is 2.04 bits per heavy atom. The van der Waals surface area contributed by atoms with E-state index >= 15 is 0 Å². The lowest BCUT2D eigenvalue weighted by Crippen LogP contribution is -2.56. The molecule has 24 heavy (non-hydrogen) atoms. The summed E-state index contributed by atoms with van der Waals surface area (Å²) >= 11 is 0. The standard InChI is InChI=1S/C17H30N4O3/c1-24-13-17(6-2-7-17)12-19-15(22)20-10-4-14(5-11-20)21-9-3-8-18-16(21)23/h14H,2-13H2,1H3,(H,18,23)(H,19,22). The van der Waals surface area contributed by atoms with Gasteiger partial charge in [0.2, 0.25) is 0 Å². The highest BCUT2D eigenvalue weighted by Gasteiger charge is 2.38. The average molecular weight is 338 g/mol. The Bertz CT molecular complexity index is 459. The Kier molecular flexibility index (Phi) is 5.48. The third kappa shape index (κ3) is 3.77. The molecule has 2 saturated heterocycles. The van der Waals surface area contributed by atoms with Gasteiger partial charge in [0, 0.05) is 51.3 Å². The van der Waals surface area contributed by atoms with Crippen LogP contribution in [0.2, 0.25) is 0 Å². The van der Waals surface area contributed by atoms with Crippen molar-refractivity contribution < 1.29 is 14.3 Å². The molecule has 7 heteroatoms. The average Bonchev–Trinajstić information content (AvgIpc) is 2.57. The third-order valence-corrected chi connectivity index (χ3v) is 5.78. The van der Waals surface area contributed by atoms with Crippen molar-refractivity contribution in [1.29, 1.82) is 0 Å². The number of urea groups is 2. The van der Waals surface area contributed by atoms with Crippen LogP contribution in [0.3, 0.4) is 0 Å². The van der Waals surface area contributed by atoms with Gasteiger partial charge in [0.25, 0.3) is 0 Å². The normalized spacial score (nSPS) is 24.3. The number of ether oxygens (including phenoxy) is 1. The minimum Gasteiger partial charge on any atom is -0.384 e. The topological polar surface area (TPSA) is 73.9 Å². The van der Waals surface area contributed by atoms with Gasteiger partial charge in [0.15, 0.2) is 0 Å². The van der Waals surface area contributed by atoms with E-state index in [1.807, 2.05) is 9.80 Å². The molecule has 136 valence electrons.